The number of benzene rings is 1. The summed E-state index contributed by atoms with van der Waals surface area (Å²) in [5, 5.41) is 10.3. The molecule has 0 amide bonds. The van der Waals surface area contributed by atoms with Gasteiger partial charge in [-0.3, -0.25) is 0 Å². The lowest BCUT2D eigenvalue weighted by atomic mass is 10.2. The second-order valence-electron chi connectivity index (χ2n) is 3.79. The molecule has 3 nitrogen and oxygen atoms in total. The Hall–Kier alpha value is -0.910. The zero-order valence-corrected chi connectivity index (χ0v) is 9.72. The van der Waals surface area contributed by atoms with Gasteiger partial charge in [-0.2, -0.15) is 0 Å². The zero-order chi connectivity index (χ0) is 11.3. The van der Waals surface area contributed by atoms with E-state index < -0.39 is 0 Å². The summed E-state index contributed by atoms with van der Waals surface area (Å²) >= 11 is 7.30. The molecule has 1 saturated heterocycles. The van der Waals surface area contributed by atoms with Crippen LogP contribution in [-0.2, 0) is 0 Å². The third-order valence-corrected chi connectivity index (χ3v) is 3.89. The number of thiazole rings is 1. The first-order chi connectivity index (χ1) is 7.63. The van der Waals surface area contributed by atoms with Crippen LogP contribution in [-0.4, -0.2) is 29.3 Å². The number of nitrogens with zero attached hydrogens (tertiary/aromatic N) is 2. The number of aliphatic hydroxyl groups is 1. The fourth-order valence-electron chi connectivity index (χ4n) is 1.69. The summed E-state index contributed by atoms with van der Waals surface area (Å²) in [5.41, 5.74) is 0.629. The lowest BCUT2D eigenvalue weighted by molar-refractivity contribution is 0.142. The molecule has 1 aliphatic rings. The molecule has 0 aliphatic carbocycles. The average Bonchev–Trinajstić information content (AvgIpc) is 2.56. The third-order valence-electron chi connectivity index (χ3n) is 2.53. The smallest absolute Gasteiger partial charge is 0.186 e. The van der Waals surface area contributed by atoms with Crippen molar-refractivity contribution in [2.45, 2.75) is 6.10 Å². The third kappa shape index (κ3) is 1.55. The zero-order valence-electron chi connectivity index (χ0n) is 8.15. The molecule has 3 rings (SSSR count). The second-order valence-corrected chi connectivity index (χ2v) is 5.21. The van der Waals surface area contributed by atoms with Gasteiger partial charge in [0.15, 0.2) is 5.13 Å². The first kappa shape index (κ1) is 10.3. The van der Waals surface area contributed by atoms with Gasteiger partial charge < -0.3 is 10.0 Å². The SMILES string of the molecule is OC1CN(c2nc3c(Cl)cc(F)cc3s2)C1. The Labute approximate surface area is 100 Å². The Bertz CT molecular complexity index is 553. The van der Waals surface area contributed by atoms with E-state index in [-0.39, 0.29) is 11.9 Å². The summed E-state index contributed by atoms with van der Waals surface area (Å²) in [6, 6.07) is 2.69. The van der Waals surface area contributed by atoms with Gasteiger partial charge in [-0.1, -0.05) is 22.9 Å². The molecule has 1 N–H and O–H groups in total. The molecule has 1 aromatic heterocycles. The fourth-order valence-corrected chi connectivity index (χ4v) is 3.03. The van der Waals surface area contributed by atoms with Crippen LogP contribution in [0.25, 0.3) is 10.2 Å². The van der Waals surface area contributed by atoms with Crippen LogP contribution in [0.1, 0.15) is 0 Å². The van der Waals surface area contributed by atoms with Crippen molar-refractivity contribution in [3.05, 3.63) is 23.0 Å². The molecule has 1 fully saturated rings. The van der Waals surface area contributed by atoms with Gasteiger partial charge in [0.25, 0.3) is 0 Å². The second kappa shape index (κ2) is 3.55. The van der Waals surface area contributed by atoms with E-state index in [1.165, 1.54) is 23.5 Å². The van der Waals surface area contributed by atoms with Crippen LogP contribution < -0.4 is 4.90 Å². The van der Waals surface area contributed by atoms with Crippen LogP contribution in [0.4, 0.5) is 9.52 Å². The van der Waals surface area contributed by atoms with Gasteiger partial charge in [-0.05, 0) is 12.1 Å². The molecule has 0 saturated carbocycles. The number of aromatic nitrogens is 1. The molecule has 2 aromatic rings. The highest BCUT2D eigenvalue weighted by Crippen LogP contribution is 2.35. The van der Waals surface area contributed by atoms with Crippen LogP contribution >= 0.6 is 22.9 Å². The van der Waals surface area contributed by atoms with Crippen LogP contribution in [0, 0.1) is 5.82 Å². The maximum absolute atomic E-state index is 13.1. The molecule has 0 bridgehead atoms. The van der Waals surface area contributed by atoms with Crippen molar-refractivity contribution in [1.82, 2.24) is 4.98 Å². The molecule has 1 aromatic carbocycles. The van der Waals surface area contributed by atoms with Gasteiger partial charge in [0.05, 0.1) is 15.8 Å². The molecular formula is C10H8ClFN2OS. The standard InChI is InChI=1S/C10H8ClFN2OS/c11-7-1-5(12)2-8-9(7)13-10(16-8)14-3-6(15)4-14/h1-2,6,15H,3-4H2. The van der Waals surface area contributed by atoms with E-state index in [2.05, 4.69) is 4.98 Å². The van der Waals surface area contributed by atoms with Crippen molar-refractivity contribution in [2.24, 2.45) is 0 Å². The number of hydrogen-bond acceptors (Lipinski definition) is 4. The topological polar surface area (TPSA) is 36.4 Å². The van der Waals surface area contributed by atoms with Crippen molar-refractivity contribution in [3.8, 4) is 0 Å². The van der Waals surface area contributed by atoms with Gasteiger partial charge in [0.2, 0.25) is 0 Å². The molecular weight excluding hydrogens is 251 g/mol. The van der Waals surface area contributed by atoms with Crippen molar-refractivity contribution in [3.63, 3.8) is 0 Å². The summed E-state index contributed by atoms with van der Waals surface area (Å²) in [6.07, 6.45) is -0.278. The van der Waals surface area contributed by atoms with Crippen molar-refractivity contribution in [2.75, 3.05) is 18.0 Å². The predicted molar refractivity (Wildman–Crippen MR) is 62.8 cm³/mol. The van der Waals surface area contributed by atoms with Gasteiger partial charge in [-0.25, -0.2) is 9.37 Å². The van der Waals surface area contributed by atoms with E-state index in [1.54, 1.807) is 0 Å². The lowest BCUT2D eigenvalue weighted by Crippen LogP contribution is -2.50. The average molecular weight is 259 g/mol. The summed E-state index contributed by atoms with van der Waals surface area (Å²) in [4.78, 5) is 6.29. The molecule has 0 spiro atoms. The molecule has 1 aliphatic heterocycles. The predicted octanol–water partition coefficient (Wildman–Crippen LogP) is 2.27. The number of aliphatic hydroxyl groups excluding tert-OH is 1. The summed E-state index contributed by atoms with van der Waals surface area (Å²) in [5.74, 6) is -0.351. The Morgan fingerprint density at radius 3 is 2.94 bits per heavy atom. The molecule has 2 heterocycles. The number of halogens is 2. The highest BCUT2D eigenvalue weighted by molar-refractivity contribution is 7.22. The van der Waals surface area contributed by atoms with E-state index in [0.717, 1.165) is 9.83 Å². The Morgan fingerprint density at radius 2 is 2.25 bits per heavy atom. The van der Waals surface area contributed by atoms with Gasteiger partial charge in [0.1, 0.15) is 11.3 Å². The van der Waals surface area contributed by atoms with E-state index in [1.807, 2.05) is 4.90 Å². The quantitative estimate of drug-likeness (QED) is 0.853. The minimum atomic E-state index is -0.351. The van der Waals surface area contributed by atoms with E-state index in [4.69, 9.17) is 11.6 Å². The summed E-state index contributed by atoms with van der Waals surface area (Å²) in [7, 11) is 0. The number of anilines is 1. The number of rotatable bonds is 1. The minimum absolute atomic E-state index is 0.278. The van der Waals surface area contributed by atoms with Crippen LogP contribution in [0.5, 0.6) is 0 Å². The highest BCUT2D eigenvalue weighted by atomic mass is 35.5. The lowest BCUT2D eigenvalue weighted by Gasteiger charge is -2.35. The number of fused-ring (bicyclic) bond motifs is 1. The Kier molecular flexibility index (Phi) is 2.27. The normalized spacial score (nSPS) is 16.8. The molecule has 84 valence electrons. The summed E-state index contributed by atoms with van der Waals surface area (Å²) in [6.45, 7) is 1.17. The van der Waals surface area contributed by atoms with E-state index >= 15 is 0 Å². The fraction of sp³-hybridized carbons (Fsp3) is 0.300. The van der Waals surface area contributed by atoms with Gasteiger partial charge >= 0.3 is 0 Å². The molecule has 0 unspecified atom stereocenters. The van der Waals surface area contributed by atoms with E-state index in [0.29, 0.717) is 23.6 Å². The first-order valence-electron chi connectivity index (χ1n) is 4.82. The van der Waals surface area contributed by atoms with Crippen LogP contribution in [0.15, 0.2) is 12.1 Å². The maximum Gasteiger partial charge on any atom is 0.186 e. The van der Waals surface area contributed by atoms with Gasteiger partial charge in [-0.15, -0.1) is 0 Å². The van der Waals surface area contributed by atoms with E-state index in [9.17, 15) is 9.50 Å². The molecule has 6 heteroatoms. The minimum Gasteiger partial charge on any atom is -0.389 e. The number of β-amino-alcohol motifs (C(OH)–C–C–N with tert-alkyl or cyclic N) is 1. The first-order valence-corrected chi connectivity index (χ1v) is 6.01. The van der Waals surface area contributed by atoms with Crippen LogP contribution in [0.3, 0.4) is 0 Å². The van der Waals surface area contributed by atoms with Crippen molar-refractivity contribution < 1.29 is 9.50 Å². The Balaban J connectivity index is 2.06. The molecule has 16 heavy (non-hydrogen) atoms. The summed E-state index contributed by atoms with van der Waals surface area (Å²) < 4.78 is 13.8. The van der Waals surface area contributed by atoms with Crippen molar-refractivity contribution in [1.29, 1.82) is 0 Å². The van der Waals surface area contributed by atoms with Crippen LogP contribution in [0.2, 0.25) is 5.02 Å². The van der Waals surface area contributed by atoms with Gasteiger partial charge in [0, 0.05) is 13.1 Å². The monoisotopic (exact) mass is 258 g/mol. The molecule has 0 radical (unpaired) electrons. The number of hydrogen-bond donors (Lipinski definition) is 1. The largest absolute Gasteiger partial charge is 0.389 e. The highest BCUT2D eigenvalue weighted by Gasteiger charge is 2.27. The van der Waals surface area contributed by atoms with Crippen molar-refractivity contribution >= 4 is 38.3 Å². The Morgan fingerprint density at radius 1 is 1.50 bits per heavy atom. The molecule has 0 atom stereocenters. The maximum atomic E-state index is 13.1.